The molecule has 49 heavy (non-hydrogen) atoms. The molecular formula is C37H40F4O8. The maximum absolute atomic E-state index is 14.6. The molecule has 3 aromatic rings. The van der Waals surface area contributed by atoms with Gasteiger partial charge in [-0.05, 0) is 78.1 Å². The van der Waals surface area contributed by atoms with Gasteiger partial charge in [0.05, 0.1) is 24.4 Å². The first-order valence-corrected chi connectivity index (χ1v) is 15.6. The minimum Gasteiger partial charge on any atom is -0.490 e. The average molecular weight is 689 g/mol. The van der Waals surface area contributed by atoms with E-state index in [0.717, 1.165) is 22.3 Å². The van der Waals surface area contributed by atoms with Crippen LogP contribution in [0.15, 0.2) is 85.0 Å². The molecule has 3 aromatic carbocycles. The fraction of sp³-hybridized carbons (Fsp3) is 0.351. The van der Waals surface area contributed by atoms with Crippen molar-refractivity contribution in [2.24, 2.45) is 0 Å². The summed E-state index contributed by atoms with van der Waals surface area (Å²) in [5, 5.41) is 18.0. The van der Waals surface area contributed by atoms with Crippen LogP contribution >= 0.6 is 0 Å². The van der Waals surface area contributed by atoms with Crippen LogP contribution in [0.1, 0.15) is 36.0 Å². The molecule has 0 bridgehead atoms. The third-order valence-electron chi connectivity index (χ3n) is 7.27. The molecule has 3 rings (SSSR count). The topological polar surface area (TPSA) is 112 Å². The number of aliphatic hydroxyl groups is 2. The minimum atomic E-state index is -4.20. The van der Waals surface area contributed by atoms with Crippen molar-refractivity contribution >= 4 is 11.9 Å². The molecule has 0 spiro atoms. The summed E-state index contributed by atoms with van der Waals surface area (Å²) >= 11 is 0. The van der Waals surface area contributed by atoms with E-state index in [0.29, 0.717) is 29.9 Å². The Labute approximate surface area is 282 Å². The highest BCUT2D eigenvalue weighted by molar-refractivity contribution is 5.88. The Kier molecular flexibility index (Phi) is 15.3. The number of ether oxygens (including phenoxy) is 4. The molecule has 0 saturated carbocycles. The maximum atomic E-state index is 14.6. The summed E-state index contributed by atoms with van der Waals surface area (Å²) in [6.07, 6.45) is -3.39. The summed E-state index contributed by atoms with van der Waals surface area (Å²) in [5.41, 5.74) is 3.61. The molecule has 0 aromatic heterocycles. The van der Waals surface area contributed by atoms with Gasteiger partial charge in [0, 0.05) is 12.5 Å². The molecule has 2 N–H and O–H groups in total. The fourth-order valence-electron chi connectivity index (χ4n) is 4.57. The Bertz CT molecular complexity index is 1510. The van der Waals surface area contributed by atoms with Crippen molar-refractivity contribution in [3.8, 4) is 22.6 Å². The SMILES string of the molecule is C=C(CO)C(=O)OCCOc1cc(OCCOC(=O)C(=C)CO)cc(-c2ccc(CCc3ccc(CCCCC(F)(F)F)c(F)c3)cc2)c1. The van der Waals surface area contributed by atoms with Crippen LogP contribution in [0.25, 0.3) is 11.1 Å². The van der Waals surface area contributed by atoms with Crippen LogP contribution in [0.3, 0.4) is 0 Å². The molecule has 0 amide bonds. The number of carbonyl (C=O) groups is 2. The predicted octanol–water partition coefficient (Wildman–Crippen LogP) is 6.49. The van der Waals surface area contributed by atoms with Gasteiger partial charge in [0.2, 0.25) is 0 Å². The number of rotatable bonds is 20. The van der Waals surface area contributed by atoms with Crippen molar-refractivity contribution in [2.75, 3.05) is 39.6 Å². The van der Waals surface area contributed by atoms with Gasteiger partial charge in [0.1, 0.15) is 43.7 Å². The Morgan fingerprint density at radius 3 is 1.69 bits per heavy atom. The van der Waals surface area contributed by atoms with E-state index in [1.54, 1.807) is 30.3 Å². The molecule has 0 aliphatic heterocycles. The van der Waals surface area contributed by atoms with Crippen LogP contribution in [0.4, 0.5) is 17.6 Å². The lowest BCUT2D eigenvalue weighted by atomic mass is 9.98. The zero-order valence-electron chi connectivity index (χ0n) is 27.0. The molecule has 0 aliphatic carbocycles. The second-order valence-electron chi connectivity index (χ2n) is 11.1. The standard InChI is InChI=1S/C37H40F4O8/c1-25(23-42)35(44)48-17-15-46-32-20-31(21-33(22-32)47-16-18-49-36(45)26(2)24-43)29-11-8-27(9-12-29)6-7-28-10-13-30(34(38)19-28)5-3-4-14-37(39,40)41/h8-13,19-22,42-43H,1-7,14-18,23-24H2. The summed E-state index contributed by atoms with van der Waals surface area (Å²) < 4.78 is 73.3. The summed E-state index contributed by atoms with van der Waals surface area (Å²) in [5.74, 6) is -1.07. The number of alkyl halides is 3. The number of aliphatic hydroxyl groups excluding tert-OH is 2. The van der Waals surface area contributed by atoms with Gasteiger partial charge in [-0.1, -0.05) is 49.6 Å². The van der Waals surface area contributed by atoms with E-state index in [1.165, 1.54) is 6.07 Å². The highest BCUT2D eigenvalue weighted by atomic mass is 19.4. The number of halogens is 4. The molecule has 264 valence electrons. The van der Waals surface area contributed by atoms with E-state index in [1.807, 2.05) is 24.3 Å². The highest BCUT2D eigenvalue weighted by Crippen LogP contribution is 2.31. The lowest BCUT2D eigenvalue weighted by Crippen LogP contribution is -2.15. The van der Waals surface area contributed by atoms with Crippen molar-refractivity contribution < 1.29 is 56.3 Å². The van der Waals surface area contributed by atoms with Gasteiger partial charge in [-0.15, -0.1) is 0 Å². The van der Waals surface area contributed by atoms with E-state index in [4.69, 9.17) is 29.2 Å². The van der Waals surface area contributed by atoms with E-state index in [9.17, 15) is 27.2 Å². The Balaban J connectivity index is 1.63. The summed E-state index contributed by atoms with van der Waals surface area (Å²) in [4.78, 5) is 23.5. The van der Waals surface area contributed by atoms with Crippen LogP contribution in [0.2, 0.25) is 0 Å². The summed E-state index contributed by atoms with van der Waals surface area (Å²) in [7, 11) is 0. The average Bonchev–Trinajstić information content (AvgIpc) is 3.08. The smallest absolute Gasteiger partial charge is 0.389 e. The van der Waals surface area contributed by atoms with Crippen LogP contribution in [0.5, 0.6) is 11.5 Å². The lowest BCUT2D eigenvalue weighted by molar-refractivity contribution is -0.141. The first kappa shape index (κ1) is 38.8. The second kappa shape index (κ2) is 19.4. The van der Waals surface area contributed by atoms with E-state index in [2.05, 4.69) is 13.2 Å². The van der Waals surface area contributed by atoms with Crippen molar-refractivity contribution in [3.63, 3.8) is 0 Å². The van der Waals surface area contributed by atoms with Crippen molar-refractivity contribution in [3.05, 3.63) is 107 Å². The van der Waals surface area contributed by atoms with Gasteiger partial charge in [0.15, 0.2) is 0 Å². The quantitative estimate of drug-likeness (QED) is 0.0600. The first-order valence-electron chi connectivity index (χ1n) is 15.6. The van der Waals surface area contributed by atoms with Crippen LogP contribution in [0, 0.1) is 5.82 Å². The lowest BCUT2D eigenvalue weighted by Gasteiger charge is -2.14. The molecule has 0 saturated heterocycles. The monoisotopic (exact) mass is 688 g/mol. The van der Waals surface area contributed by atoms with Gasteiger partial charge in [-0.2, -0.15) is 13.2 Å². The number of esters is 2. The third kappa shape index (κ3) is 13.8. The third-order valence-corrected chi connectivity index (χ3v) is 7.27. The van der Waals surface area contributed by atoms with Crippen molar-refractivity contribution in [2.45, 2.75) is 44.7 Å². The molecule has 0 heterocycles. The first-order chi connectivity index (χ1) is 23.4. The number of aryl methyl sites for hydroxylation is 3. The van der Waals surface area contributed by atoms with Gasteiger partial charge in [-0.25, -0.2) is 14.0 Å². The molecule has 0 unspecified atom stereocenters. The number of benzene rings is 3. The molecule has 0 atom stereocenters. The maximum Gasteiger partial charge on any atom is 0.389 e. The Morgan fingerprint density at radius 1 is 0.653 bits per heavy atom. The van der Waals surface area contributed by atoms with E-state index < -0.39 is 43.6 Å². The molecular weight excluding hydrogens is 648 g/mol. The van der Waals surface area contributed by atoms with Gasteiger partial charge < -0.3 is 29.2 Å². The van der Waals surface area contributed by atoms with Crippen LogP contribution in [-0.2, 0) is 38.3 Å². The molecule has 8 nitrogen and oxygen atoms in total. The molecule has 12 heteroatoms. The highest BCUT2D eigenvalue weighted by Gasteiger charge is 2.25. The Hall–Kier alpha value is -4.68. The zero-order chi connectivity index (χ0) is 35.8. The number of hydrogen-bond acceptors (Lipinski definition) is 8. The second-order valence-corrected chi connectivity index (χ2v) is 11.1. The number of carbonyl (C=O) groups excluding carboxylic acids is 2. The van der Waals surface area contributed by atoms with Crippen LogP contribution < -0.4 is 9.47 Å². The van der Waals surface area contributed by atoms with Gasteiger partial charge in [-0.3, -0.25) is 0 Å². The van der Waals surface area contributed by atoms with E-state index in [-0.39, 0.29) is 56.8 Å². The van der Waals surface area contributed by atoms with Crippen molar-refractivity contribution in [1.29, 1.82) is 0 Å². The van der Waals surface area contributed by atoms with Crippen molar-refractivity contribution in [1.82, 2.24) is 0 Å². The molecule has 0 radical (unpaired) electrons. The number of hydrogen-bond donors (Lipinski definition) is 2. The molecule has 0 aliphatic rings. The largest absolute Gasteiger partial charge is 0.490 e. The summed E-state index contributed by atoms with van der Waals surface area (Å²) in [6.45, 7) is 5.62. The fourth-order valence-corrected chi connectivity index (χ4v) is 4.57. The normalized spacial score (nSPS) is 11.1. The number of unbranched alkanes of at least 4 members (excludes halogenated alkanes) is 1. The minimum absolute atomic E-state index is 0.00674. The summed E-state index contributed by atoms with van der Waals surface area (Å²) in [6, 6.07) is 17.7. The Morgan fingerprint density at radius 2 is 1.18 bits per heavy atom. The predicted molar refractivity (Wildman–Crippen MR) is 175 cm³/mol. The van der Waals surface area contributed by atoms with Gasteiger partial charge >= 0.3 is 18.1 Å². The van der Waals surface area contributed by atoms with Gasteiger partial charge in [0.25, 0.3) is 0 Å². The molecule has 0 fully saturated rings. The zero-order valence-corrected chi connectivity index (χ0v) is 27.0. The van der Waals surface area contributed by atoms with E-state index >= 15 is 0 Å². The van der Waals surface area contributed by atoms with Crippen LogP contribution in [-0.4, -0.2) is 68.0 Å².